The summed E-state index contributed by atoms with van der Waals surface area (Å²) in [6.07, 6.45) is 9.24. The Kier molecular flexibility index (Phi) is 27.8. The zero-order chi connectivity index (χ0) is 67.0. The van der Waals surface area contributed by atoms with E-state index in [4.69, 9.17) is 55.7 Å². The number of allylic oxidation sites excluding steroid dienone is 2. The zero-order valence-electron chi connectivity index (χ0n) is 54.6. The van der Waals surface area contributed by atoms with Gasteiger partial charge in [0.1, 0.15) is 10.1 Å². The van der Waals surface area contributed by atoms with Crippen LogP contribution in [-0.4, -0.2) is 67.0 Å². The molecule has 7 aromatic rings. The number of rotatable bonds is 16. The van der Waals surface area contributed by atoms with Crippen molar-refractivity contribution in [2.75, 3.05) is 6.61 Å². The first-order chi connectivity index (χ1) is 43.0. The molecule has 9 atom stereocenters. The Morgan fingerprint density at radius 2 is 1.15 bits per heavy atom. The van der Waals surface area contributed by atoms with Crippen LogP contribution in [0.5, 0.6) is 0 Å². The number of fused-ring (bicyclic) bond motifs is 1. The predicted octanol–water partition coefficient (Wildman–Crippen LogP) is 20.7. The zero-order valence-corrected chi connectivity index (χ0v) is 59.2. The summed E-state index contributed by atoms with van der Waals surface area (Å²) in [6, 6.07) is 55.2. The van der Waals surface area contributed by atoms with Crippen LogP contribution in [0.15, 0.2) is 200 Å². The molecule has 7 aromatic carbocycles. The Labute approximate surface area is 566 Å². The van der Waals surface area contributed by atoms with Crippen LogP contribution in [0, 0.1) is 35.5 Å². The molecule has 3 aliphatic heterocycles. The molecule has 15 heteroatoms. The van der Waals surface area contributed by atoms with Crippen LogP contribution >= 0.6 is 46.4 Å². The van der Waals surface area contributed by atoms with Crippen molar-refractivity contribution in [3.8, 4) is 0 Å². The fourth-order valence-electron chi connectivity index (χ4n) is 12.8. The Balaban J connectivity index is 0.000000207. The lowest BCUT2D eigenvalue weighted by atomic mass is 9.66. The quantitative estimate of drug-likeness (QED) is 0.0442. The molecule has 2 unspecified atom stereocenters. The SMILES string of the molecule is C=CC[C@@]1(C)CC(c2cccc(Cl)c2)[C@@H](c2ccc(Cl)cc2)N([C@H](CCC(C)C)C(C)C)C1=O.C=CC[C@@]1(C)C[C@H](c2cccc(Cl)c2)[C@@H](c2ccc(Cl)cc2)[N+]2=C1OC[C@@H]2C(C)C.CC(C)S(=O)O.Cc1ccccc1.O=S(=O)([O-])c1cccc2ccccc12. The standard InChI is InChI=1S/C30H39Cl2NO.C26H30Cl2NO.C10H8O3S.C7H8.C3H8O2S/c1-7-17-30(6)19-26(23-9-8-10-25(32)18-23)28(22-12-14-24(31)15-13-22)33(29(30)34)27(21(4)5)16-11-20(2)3;1-5-13-26(4)15-22(19-7-6-8-21(28)14-19)24(18-9-11-20(27)12-10-18)29-23(17(2)3)16-30-25(26)29;11-14(12,13)10-7-3-5-8-4-1-2-6-9(8)10;1-7-5-3-2-4-6-7;1-3(2)6(4)5/h7-10,12-15,18,20-21,26-28H,1,11,16-17,19H2,2-6H3;5-12,14,17,22-24H,1,13,15-16H2,2-4H3;1-7H,(H,11,12,13);2-6H,1H3;3H,1-2H3,(H,4,5)/q;+1;;;/p-1/t26?,27-,28-,30+;22-,23-,24-,26+;;;/m11.../s1. The van der Waals surface area contributed by atoms with Gasteiger partial charge in [-0.1, -0.05) is 228 Å². The molecule has 91 heavy (non-hydrogen) atoms. The van der Waals surface area contributed by atoms with Crippen molar-refractivity contribution in [2.45, 2.75) is 161 Å². The van der Waals surface area contributed by atoms with Gasteiger partial charge in [-0.15, -0.1) is 13.2 Å². The molecule has 3 heterocycles. The number of aryl methyl sites for hydroxylation is 1. The van der Waals surface area contributed by atoms with Crippen LogP contribution in [0.2, 0.25) is 20.1 Å². The van der Waals surface area contributed by atoms with E-state index in [9.17, 15) is 22.0 Å². The van der Waals surface area contributed by atoms with Crippen LogP contribution in [0.25, 0.3) is 10.8 Å². The van der Waals surface area contributed by atoms with Crippen LogP contribution in [0.1, 0.15) is 159 Å². The van der Waals surface area contributed by atoms with Gasteiger partial charge in [0.25, 0.3) is 0 Å². The van der Waals surface area contributed by atoms with Gasteiger partial charge in [0.2, 0.25) is 5.91 Å². The van der Waals surface area contributed by atoms with Crippen molar-refractivity contribution in [1.29, 1.82) is 0 Å². The summed E-state index contributed by atoms with van der Waals surface area (Å²) < 4.78 is 59.6. The minimum Gasteiger partial charge on any atom is -0.744 e. The lowest BCUT2D eigenvalue weighted by molar-refractivity contribution is -0.616. The third-order valence-electron chi connectivity index (χ3n) is 17.4. The van der Waals surface area contributed by atoms with E-state index in [1.54, 1.807) is 50.2 Å². The van der Waals surface area contributed by atoms with E-state index >= 15 is 0 Å². The second kappa shape index (κ2) is 34.0. The molecule has 0 spiro atoms. The Morgan fingerprint density at radius 1 is 0.659 bits per heavy atom. The lowest BCUT2D eigenvalue weighted by Crippen LogP contribution is -2.56. The Hall–Kier alpha value is -5.60. The van der Waals surface area contributed by atoms with Crippen molar-refractivity contribution < 1.29 is 35.8 Å². The number of hydrogen-bond donors (Lipinski definition) is 1. The van der Waals surface area contributed by atoms with Crippen LogP contribution in [0.3, 0.4) is 0 Å². The number of hydrogen-bond acceptors (Lipinski definition) is 6. The van der Waals surface area contributed by atoms with Gasteiger partial charge in [0, 0.05) is 43.5 Å². The topological polar surface area (TPSA) is 127 Å². The fraction of sp³-hybridized carbons (Fsp3) is 0.395. The highest BCUT2D eigenvalue weighted by molar-refractivity contribution is 7.86. The molecule has 0 aliphatic carbocycles. The normalized spacial score (nSPS) is 21.8. The molecule has 0 saturated carbocycles. The summed E-state index contributed by atoms with van der Waals surface area (Å²) in [7, 11) is -4.38. The third kappa shape index (κ3) is 20.0. The summed E-state index contributed by atoms with van der Waals surface area (Å²) in [5, 5.41) is 4.07. The first-order valence-electron chi connectivity index (χ1n) is 31.4. The molecule has 1 amide bonds. The monoisotopic (exact) mass is 1350 g/mol. The number of amides is 1. The maximum Gasteiger partial charge on any atom is 0.343 e. The maximum absolute atomic E-state index is 14.3. The average molecular weight is 1350 g/mol. The van der Waals surface area contributed by atoms with Crippen LogP contribution < -0.4 is 0 Å². The number of piperidine rings is 1. The van der Waals surface area contributed by atoms with Crippen molar-refractivity contribution in [1.82, 2.24) is 4.90 Å². The van der Waals surface area contributed by atoms with Gasteiger partial charge in [0.15, 0.2) is 29.8 Å². The van der Waals surface area contributed by atoms with E-state index in [1.165, 1.54) is 28.3 Å². The van der Waals surface area contributed by atoms with E-state index in [2.05, 4.69) is 152 Å². The largest absolute Gasteiger partial charge is 0.744 e. The van der Waals surface area contributed by atoms with Gasteiger partial charge >= 0.3 is 5.90 Å². The molecule has 10 rings (SSSR count). The predicted molar refractivity (Wildman–Crippen MR) is 380 cm³/mol. The van der Waals surface area contributed by atoms with Crippen molar-refractivity contribution in [3.63, 3.8) is 0 Å². The van der Waals surface area contributed by atoms with E-state index < -0.39 is 26.6 Å². The molecule has 1 fully saturated rings. The summed E-state index contributed by atoms with van der Waals surface area (Å²) in [6.45, 7) is 32.2. The average Bonchev–Trinajstić information content (AvgIpc) is 1.73. The maximum atomic E-state index is 14.3. The first-order valence-corrected chi connectivity index (χ1v) is 35.5. The summed E-state index contributed by atoms with van der Waals surface area (Å²) in [4.78, 5) is 16.4. The molecule has 0 radical (unpaired) electrons. The number of ether oxygens (including phenoxy) is 1. The van der Waals surface area contributed by atoms with Crippen molar-refractivity contribution in [3.05, 3.63) is 243 Å². The minimum atomic E-state index is -4.38. The molecule has 9 nitrogen and oxygen atoms in total. The molecular formula is C76H92Cl4N2O7S2. The van der Waals surface area contributed by atoms with Gasteiger partial charge < -0.3 is 18.7 Å². The number of carbonyl (C=O) groups excluding carboxylic acids is 1. The molecule has 3 aliphatic rings. The van der Waals surface area contributed by atoms with Crippen LogP contribution in [0.4, 0.5) is 0 Å². The second-order valence-corrected chi connectivity index (χ2v) is 30.7. The highest BCUT2D eigenvalue weighted by atomic mass is 35.5. The summed E-state index contributed by atoms with van der Waals surface area (Å²) >= 11 is 23.8. The molecule has 488 valence electrons. The molecule has 1 N–H and O–H groups in total. The fourth-order valence-corrected chi connectivity index (χ4v) is 14.1. The minimum absolute atomic E-state index is 0.0827. The number of likely N-dealkylation sites (tertiary alicyclic amines) is 1. The first kappa shape index (κ1) is 74.4. The van der Waals surface area contributed by atoms with E-state index in [0.29, 0.717) is 40.6 Å². The molecule has 0 aromatic heterocycles. The van der Waals surface area contributed by atoms with Crippen molar-refractivity contribution in [2.24, 2.45) is 28.6 Å². The van der Waals surface area contributed by atoms with Gasteiger partial charge in [-0.3, -0.25) is 4.79 Å². The smallest absolute Gasteiger partial charge is 0.343 e. The highest BCUT2D eigenvalue weighted by Gasteiger charge is 2.58. The molecular weight excluding hydrogens is 1260 g/mol. The number of nitrogens with zero attached hydrogens (tertiary/aromatic N) is 2. The third-order valence-corrected chi connectivity index (χ3v) is 20.1. The van der Waals surface area contributed by atoms with Gasteiger partial charge in [-0.05, 0) is 160 Å². The molecule has 1 saturated heterocycles. The number of carbonyl (C=O) groups is 1. The summed E-state index contributed by atoms with van der Waals surface area (Å²) in [5.74, 6) is 3.13. The second-order valence-electron chi connectivity index (χ2n) is 26.1. The Morgan fingerprint density at radius 3 is 1.64 bits per heavy atom. The highest BCUT2D eigenvalue weighted by Crippen LogP contribution is 2.54. The number of benzene rings is 7. The Bertz CT molecular complexity index is 3690. The van der Waals surface area contributed by atoms with Crippen LogP contribution in [-0.2, 0) is 30.7 Å². The lowest BCUT2D eigenvalue weighted by Gasteiger charge is -2.53. The van der Waals surface area contributed by atoms with E-state index in [1.807, 2.05) is 72.8 Å². The van der Waals surface area contributed by atoms with Gasteiger partial charge in [0.05, 0.1) is 32.9 Å². The van der Waals surface area contributed by atoms with Crippen molar-refractivity contribution >= 4 is 90.2 Å². The summed E-state index contributed by atoms with van der Waals surface area (Å²) in [5.41, 5.74) is 5.54. The van der Waals surface area contributed by atoms with E-state index in [0.717, 1.165) is 70.6 Å². The van der Waals surface area contributed by atoms with Gasteiger partial charge in [-0.25, -0.2) is 12.6 Å². The van der Waals surface area contributed by atoms with E-state index in [-0.39, 0.29) is 51.4 Å². The molecule has 0 bridgehead atoms. The van der Waals surface area contributed by atoms with Gasteiger partial charge in [-0.2, -0.15) is 4.58 Å². The number of halogens is 4.